The molecule has 1 aliphatic rings. The fourth-order valence-corrected chi connectivity index (χ4v) is 3.63. The Labute approximate surface area is 146 Å². The Balaban J connectivity index is 2.05. The molecule has 0 atom stereocenters. The van der Waals surface area contributed by atoms with Gasteiger partial charge in [-0.3, -0.25) is 4.79 Å². The largest absolute Gasteiger partial charge is 0.482 e. The summed E-state index contributed by atoms with van der Waals surface area (Å²) in [6, 6.07) is 1.53. The predicted molar refractivity (Wildman–Crippen MR) is 90.3 cm³/mol. The van der Waals surface area contributed by atoms with Crippen LogP contribution >= 0.6 is 11.3 Å². The third-order valence-electron chi connectivity index (χ3n) is 3.87. The predicted octanol–water partition coefficient (Wildman–Crippen LogP) is 3.40. The monoisotopic (exact) mass is 372 g/mol. The molecule has 0 spiro atoms. The highest BCUT2D eigenvalue weighted by molar-refractivity contribution is 7.18. The summed E-state index contributed by atoms with van der Waals surface area (Å²) in [7, 11) is 1.50. The zero-order valence-corrected chi connectivity index (χ0v) is 14.3. The van der Waals surface area contributed by atoms with E-state index in [0.717, 1.165) is 37.3 Å². The number of aromatic nitrogens is 1. The average Bonchev–Trinajstić information content (AvgIpc) is 3.03. The van der Waals surface area contributed by atoms with Gasteiger partial charge in [-0.15, -0.1) is 11.3 Å². The molecule has 9 heteroatoms. The Morgan fingerprint density at radius 1 is 1.40 bits per heavy atom. The minimum Gasteiger partial charge on any atom is -0.482 e. The molecule has 1 aliphatic heterocycles. The molecule has 1 N–H and O–H groups in total. The number of nitrogens with zero attached hydrogens (tertiary/aromatic N) is 2. The first-order valence-corrected chi connectivity index (χ1v) is 8.67. The maximum absolute atomic E-state index is 12.6. The van der Waals surface area contributed by atoms with E-state index in [2.05, 4.69) is 16.7 Å². The molecular weight excluding hydrogens is 355 g/mol. The number of fused-ring (bicyclic) bond motifs is 1. The number of anilines is 1. The molecule has 2 aromatic rings. The van der Waals surface area contributed by atoms with Crippen LogP contribution in [-0.2, 0) is 0 Å². The maximum Gasteiger partial charge on any atom is 0.422 e. The molecule has 0 aromatic carbocycles. The van der Waals surface area contributed by atoms with Crippen LogP contribution in [0.5, 0.6) is 5.75 Å². The first-order valence-electron chi connectivity index (χ1n) is 7.79. The lowest BCUT2D eigenvalue weighted by Gasteiger charge is -2.28. The van der Waals surface area contributed by atoms with Crippen LogP contribution in [0.3, 0.4) is 0 Å². The van der Waals surface area contributed by atoms with Crippen LogP contribution in [0.4, 0.5) is 19.0 Å². The van der Waals surface area contributed by atoms with Crippen LogP contribution in [0.15, 0.2) is 11.4 Å². The number of alkyl halides is 3. The minimum atomic E-state index is -4.43. The highest BCUT2D eigenvalue weighted by atomic mass is 32.1. The van der Waals surface area contributed by atoms with E-state index in [-0.39, 0.29) is 11.7 Å². The second-order valence-electron chi connectivity index (χ2n) is 5.64. The second-order valence-corrected chi connectivity index (χ2v) is 6.52. The van der Waals surface area contributed by atoms with Gasteiger partial charge < -0.3 is 15.0 Å². The van der Waals surface area contributed by atoms with Crippen molar-refractivity contribution >= 4 is 33.3 Å². The molecule has 1 amide bonds. The van der Waals surface area contributed by atoms with E-state index in [1.807, 2.05) is 4.90 Å². The van der Waals surface area contributed by atoms with Crippen molar-refractivity contribution in [1.29, 1.82) is 0 Å². The van der Waals surface area contributed by atoms with Crippen molar-refractivity contribution in [1.82, 2.24) is 10.3 Å². The summed E-state index contributed by atoms with van der Waals surface area (Å²) < 4.78 is 43.2. The van der Waals surface area contributed by atoms with Gasteiger partial charge in [0.15, 0.2) is 6.61 Å². The van der Waals surface area contributed by atoms with Crippen molar-refractivity contribution in [2.24, 2.45) is 0 Å². The standard InChI is InChI=1S/C16H17F3N3O2S/c1-20-15(23)10-8-25-14-11(24-9-16(17,18)19)7-12(21-13(10)14)22-5-3-2-4-6-22/h2,7-8H,3-6,9H2,1H3,(H,20,23). The van der Waals surface area contributed by atoms with Gasteiger partial charge in [-0.05, 0) is 19.3 Å². The number of thiophene rings is 1. The quantitative estimate of drug-likeness (QED) is 0.894. The number of nitrogens with one attached hydrogen (secondary N) is 1. The highest BCUT2D eigenvalue weighted by Gasteiger charge is 2.29. The van der Waals surface area contributed by atoms with Gasteiger partial charge in [0.2, 0.25) is 0 Å². The lowest BCUT2D eigenvalue weighted by molar-refractivity contribution is -0.153. The van der Waals surface area contributed by atoms with E-state index in [4.69, 9.17) is 4.74 Å². The summed E-state index contributed by atoms with van der Waals surface area (Å²) in [6.45, 7) is 0.0832. The van der Waals surface area contributed by atoms with Crippen molar-refractivity contribution in [3.05, 3.63) is 23.4 Å². The lowest BCUT2D eigenvalue weighted by Crippen LogP contribution is -2.30. The van der Waals surface area contributed by atoms with Crippen LogP contribution in [0.2, 0.25) is 0 Å². The average molecular weight is 372 g/mol. The van der Waals surface area contributed by atoms with Crippen LogP contribution < -0.4 is 15.0 Å². The van der Waals surface area contributed by atoms with Crippen molar-refractivity contribution in [3.63, 3.8) is 0 Å². The molecule has 3 rings (SSSR count). The van der Waals surface area contributed by atoms with Crippen molar-refractivity contribution in [3.8, 4) is 5.75 Å². The number of rotatable bonds is 4. The van der Waals surface area contributed by atoms with E-state index in [0.29, 0.717) is 21.6 Å². The molecular formula is C16H17F3N3O2S. The van der Waals surface area contributed by atoms with E-state index >= 15 is 0 Å². The Kier molecular flexibility index (Phi) is 5.03. The second kappa shape index (κ2) is 7.07. The van der Waals surface area contributed by atoms with Gasteiger partial charge in [0.1, 0.15) is 11.6 Å². The number of hydrogen-bond acceptors (Lipinski definition) is 5. The molecule has 1 radical (unpaired) electrons. The Morgan fingerprint density at radius 2 is 2.12 bits per heavy atom. The molecule has 3 heterocycles. The molecule has 1 fully saturated rings. The normalized spacial score (nSPS) is 15.4. The number of hydrogen-bond donors (Lipinski definition) is 1. The summed E-state index contributed by atoms with van der Waals surface area (Å²) in [5.41, 5.74) is 0.707. The van der Waals surface area contributed by atoms with Crippen molar-refractivity contribution in [2.45, 2.75) is 19.0 Å². The van der Waals surface area contributed by atoms with Gasteiger partial charge in [0.25, 0.3) is 5.91 Å². The molecule has 0 unspecified atom stereocenters. The van der Waals surface area contributed by atoms with Gasteiger partial charge in [-0.25, -0.2) is 4.98 Å². The fraction of sp³-hybridized carbons (Fsp3) is 0.438. The number of piperidine rings is 1. The molecule has 0 bridgehead atoms. The number of pyridine rings is 1. The summed E-state index contributed by atoms with van der Waals surface area (Å²) in [4.78, 5) is 18.5. The van der Waals surface area contributed by atoms with Crippen LogP contribution in [0.25, 0.3) is 10.2 Å². The van der Waals surface area contributed by atoms with Gasteiger partial charge >= 0.3 is 6.18 Å². The van der Waals surface area contributed by atoms with Crippen LogP contribution in [0.1, 0.15) is 23.2 Å². The summed E-state index contributed by atoms with van der Waals surface area (Å²) in [5, 5.41) is 4.11. The number of carbonyl (C=O) groups excluding carboxylic acids is 1. The minimum absolute atomic E-state index is 0.104. The molecule has 5 nitrogen and oxygen atoms in total. The third-order valence-corrected chi connectivity index (χ3v) is 4.85. The topological polar surface area (TPSA) is 54.5 Å². The van der Waals surface area contributed by atoms with E-state index < -0.39 is 12.8 Å². The van der Waals surface area contributed by atoms with E-state index in [1.54, 1.807) is 5.38 Å². The molecule has 25 heavy (non-hydrogen) atoms. The summed E-state index contributed by atoms with van der Waals surface area (Å²) in [6.07, 6.45) is -0.512. The molecule has 0 saturated carbocycles. The van der Waals surface area contributed by atoms with Crippen LogP contribution in [-0.4, -0.2) is 43.8 Å². The number of amides is 1. The number of halogens is 3. The highest BCUT2D eigenvalue weighted by Crippen LogP contribution is 2.37. The summed E-state index contributed by atoms with van der Waals surface area (Å²) in [5.74, 6) is 0.304. The lowest BCUT2D eigenvalue weighted by atomic mass is 10.1. The smallest absolute Gasteiger partial charge is 0.422 e. The third kappa shape index (κ3) is 3.97. The Bertz CT molecular complexity index is 770. The first kappa shape index (κ1) is 17.8. The van der Waals surface area contributed by atoms with Gasteiger partial charge in [0.05, 0.1) is 15.8 Å². The Hall–Kier alpha value is -2.03. The molecule has 1 saturated heterocycles. The van der Waals surface area contributed by atoms with Gasteiger partial charge in [-0.1, -0.05) is 0 Å². The van der Waals surface area contributed by atoms with E-state index in [9.17, 15) is 18.0 Å². The van der Waals surface area contributed by atoms with Gasteiger partial charge in [-0.2, -0.15) is 13.2 Å². The summed E-state index contributed by atoms with van der Waals surface area (Å²) >= 11 is 1.15. The molecule has 135 valence electrons. The molecule has 0 aliphatic carbocycles. The zero-order chi connectivity index (χ0) is 18.0. The Morgan fingerprint density at radius 3 is 2.76 bits per heavy atom. The fourth-order valence-electron chi connectivity index (χ4n) is 2.67. The maximum atomic E-state index is 12.6. The van der Waals surface area contributed by atoms with Crippen LogP contribution in [0, 0.1) is 6.42 Å². The van der Waals surface area contributed by atoms with Gasteiger partial charge in [0, 0.05) is 31.6 Å². The number of carbonyl (C=O) groups is 1. The van der Waals surface area contributed by atoms with Crippen molar-refractivity contribution < 1.29 is 22.7 Å². The van der Waals surface area contributed by atoms with E-state index in [1.165, 1.54) is 13.1 Å². The van der Waals surface area contributed by atoms with Crippen molar-refractivity contribution in [2.75, 3.05) is 31.6 Å². The number of ether oxygens (including phenoxy) is 1. The molecule has 2 aromatic heterocycles. The first-order chi connectivity index (χ1) is 11.9. The zero-order valence-electron chi connectivity index (χ0n) is 13.5. The SMILES string of the molecule is CNC(=O)c1csc2c(OCC(F)(F)F)cc(N3CC[CH]CC3)nc12.